The zero-order valence-corrected chi connectivity index (χ0v) is 16.3. The molecule has 0 bridgehead atoms. The van der Waals surface area contributed by atoms with Crippen molar-refractivity contribution in [2.24, 2.45) is 0 Å². The summed E-state index contributed by atoms with van der Waals surface area (Å²) in [6.07, 6.45) is 1.04. The van der Waals surface area contributed by atoms with Gasteiger partial charge in [0.15, 0.2) is 0 Å². The van der Waals surface area contributed by atoms with Crippen LogP contribution in [0.4, 0.5) is 5.69 Å². The Morgan fingerprint density at radius 3 is 2.31 bits per heavy atom. The van der Waals surface area contributed by atoms with Gasteiger partial charge < -0.3 is 10.6 Å². The van der Waals surface area contributed by atoms with E-state index in [1.165, 1.54) is 11.1 Å². The summed E-state index contributed by atoms with van der Waals surface area (Å²) in [5, 5.41) is 5.80. The lowest BCUT2D eigenvalue weighted by atomic mass is 10.0. The lowest BCUT2D eigenvalue weighted by molar-refractivity contribution is -0.116. The monoisotopic (exact) mass is 352 g/mol. The molecular weight excluding hydrogens is 324 g/mol. The highest BCUT2D eigenvalue weighted by Crippen LogP contribution is 2.17. The Bertz CT molecular complexity index is 804. The molecule has 4 heteroatoms. The second kappa shape index (κ2) is 8.17. The molecule has 0 saturated heterocycles. The normalized spacial score (nSPS) is 11.1. The molecule has 0 spiro atoms. The van der Waals surface area contributed by atoms with Gasteiger partial charge in [0.1, 0.15) is 0 Å². The molecule has 2 N–H and O–H groups in total. The van der Waals surface area contributed by atoms with Gasteiger partial charge in [-0.15, -0.1) is 0 Å². The van der Waals surface area contributed by atoms with E-state index in [2.05, 4.69) is 42.7 Å². The summed E-state index contributed by atoms with van der Waals surface area (Å²) in [4.78, 5) is 24.8. The molecule has 0 atom stereocenters. The molecule has 2 aromatic rings. The van der Waals surface area contributed by atoms with Gasteiger partial charge in [0, 0.05) is 12.0 Å². The van der Waals surface area contributed by atoms with E-state index in [1.807, 2.05) is 26.8 Å². The topological polar surface area (TPSA) is 58.2 Å². The number of carbonyl (C=O) groups is 2. The SMILES string of the molecule is Cc1ccc(CCC(=O)Nc2ccccc2C(=O)NC(C)(C)C)cc1C. The van der Waals surface area contributed by atoms with Crippen molar-refractivity contribution >= 4 is 17.5 Å². The molecule has 0 aliphatic rings. The first-order valence-electron chi connectivity index (χ1n) is 8.93. The van der Waals surface area contributed by atoms with Gasteiger partial charge in [0.2, 0.25) is 5.91 Å². The van der Waals surface area contributed by atoms with Crippen LogP contribution in [0.1, 0.15) is 54.2 Å². The van der Waals surface area contributed by atoms with Crippen molar-refractivity contribution in [3.8, 4) is 0 Å². The molecule has 4 nitrogen and oxygen atoms in total. The van der Waals surface area contributed by atoms with E-state index >= 15 is 0 Å². The first-order valence-corrected chi connectivity index (χ1v) is 8.93. The third-order valence-corrected chi connectivity index (χ3v) is 4.15. The van der Waals surface area contributed by atoms with Crippen molar-refractivity contribution in [3.63, 3.8) is 0 Å². The summed E-state index contributed by atoms with van der Waals surface area (Å²) >= 11 is 0. The van der Waals surface area contributed by atoms with E-state index < -0.39 is 0 Å². The fourth-order valence-corrected chi connectivity index (χ4v) is 2.63. The maximum atomic E-state index is 12.4. The number of nitrogens with one attached hydrogen (secondary N) is 2. The first kappa shape index (κ1) is 19.7. The summed E-state index contributed by atoms with van der Waals surface area (Å²) < 4.78 is 0. The van der Waals surface area contributed by atoms with Gasteiger partial charge in [-0.25, -0.2) is 0 Å². The highest BCUT2D eigenvalue weighted by atomic mass is 16.2. The number of carbonyl (C=O) groups excluding carboxylic acids is 2. The van der Waals surface area contributed by atoms with Crippen LogP contribution in [0.25, 0.3) is 0 Å². The van der Waals surface area contributed by atoms with E-state index in [4.69, 9.17) is 0 Å². The van der Waals surface area contributed by atoms with Crippen molar-refractivity contribution in [1.29, 1.82) is 0 Å². The van der Waals surface area contributed by atoms with E-state index in [0.29, 0.717) is 24.1 Å². The number of hydrogen-bond acceptors (Lipinski definition) is 2. The molecule has 0 fully saturated rings. The van der Waals surface area contributed by atoms with Crippen LogP contribution in [-0.4, -0.2) is 17.4 Å². The predicted octanol–water partition coefficient (Wildman–Crippen LogP) is 4.40. The second-order valence-electron chi connectivity index (χ2n) is 7.72. The van der Waals surface area contributed by atoms with Gasteiger partial charge in [-0.3, -0.25) is 9.59 Å². The summed E-state index contributed by atoms with van der Waals surface area (Å²) in [5.74, 6) is -0.290. The van der Waals surface area contributed by atoms with Crippen LogP contribution in [0.15, 0.2) is 42.5 Å². The maximum absolute atomic E-state index is 12.4. The molecule has 0 aromatic heterocycles. The summed E-state index contributed by atoms with van der Waals surface area (Å²) in [7, 11) is 0. The van der Waals surface area contributed by atoms with Crippen LogP contribution in [-0.2, 0) is 11.2 Å². The molecule has 2 aromatic carbocycles. The van der Waals surface area contributed by atoms with Crippen molar-refractivity contribution in [2.75, 3.05) is 5.32 Å². The summed E-state index contributed by atoms with van der Waals surface area (Å²) in [6, 6.07) is 13.3. The van der Waals surface area contributed by atoms with Gasteiger partial charge in [-0.2, -0.15) is 0 Å². The van der Waals surface area contributed by atoms with Crippen LogP contribution in [0.5, 0.6) is 0 Å². The van der Waals surface area contributed by atoms with Crippen LogP contribution < -0.4 is 10.6 Å². The molecule has 0 unspecified atom stereocenters. The number of amides is 2. The van der Waals surface area contributed by atoms with Crippen molar-refractivity contribution in [1.82, 2.24) is 5.32 Å². The third kappa shape index (κ3) is 5.73. The Labute approximate surface area is 156 Å². The number of anilines is 1. The number of hydrogen-bond donors (Lipinski definition) is 2. The van der Waals surface area contributed by atoms with Crippen LogP contribution in [0.3, 0.4) is 0 Å². The number of para-hydroxylation sites is 1. The number of aryl methyl sites for hydroxylation is 3. The van der Waals surface area contributed by atoms with Gasteiger partial charge in [-0.05, 0) is 69.9 Å². The van der Waals surface area contributed by atoms with Crippen molar-refractivity contribution in [2.45, 2.75) is 53.0 Å². The summed E-state index contributed by atoms with van der Waals surface area (Å²) in [5.41, 5.74) is 4.30. The molecular formula is C22H28N2O2. The van der Waals surface area contributed by atoms with Crippen molar-refractivity contribution in [3.05, 3.63) is 64.7 Å². The minimum atomic E-state index is -0.336. The highest BCUT2D eigenvalue weighted by molar-refractivity contribution is 6.04. The molecule has 0 aliphatic carbocycles. The minimum absolute atomic E-state index is 0.0979. The Hall–Kier alpha value is -2.62. The van der Waals surface area contributed by atoms with Gasteiger partial charge in [-0.1, -0.05) is 30.3 Å². The van der Waals surface area contributed by atoms with E-state index in [1.54, 1.807) is 18.2 Å². The average molecular weight is 352 g/mol. The van der Waals surface area contributed by atoms with Crippen LogP contribution in [0, 0.1) is 13.8 Å². The predicted molar refractivity (Wildman–Crippen MR) is 107 cm³/mol. The Balaban J connectivity index is 2.02. The molecule has 0 aliphatic heterocycles. The molecule has 2 amide bonds. The molecule has 138 valence electrons. The molecule has 0 radical (unpaired) electrons. The lowest BCUT2D eigenvalue weighted by Crippen LogP contribution is -2.40. The fourth-order valence-electron chi connectivity index (χ4n) is 2.63. The third-order valence-electron chi connectivity index (χ3n) is 4.15. The molecule has 26 heavy (non-hydrogen) atoms. The standard InChI is InChI=1S/C22H28N2O2/c1-15-10-11-17(14-16(15)2)12-13-20(25)23-19-9-7-6-8-18(19)21(26)24-22(3,4)5/h6-11,14H,12-13H2,1-5H3,(H,23,25)(H,24,26). The quantitative estimate of drug-likeness (QED) is 0.838. The summed E-state index contributed by atoms with van der Waals surface area (Å²) in [6.45, 7) is 9.93. The van der Waals surface area contributed by atoms with Gasteiger partial charge >= 0.3 is 0 Å². The fraction of sp³-hybridized carbons (Fsp3) is 0.364. The van der Waals surface area contributed by atoms with Gasteiger partial charge in [0.05, 0.1) is 11.3 Å². The Morgan fingerprint density at radius 2 is 1.65 bits per heavy atom. The Morgan fingerprint density at radius 1 is 0.962 bits per heavy atom. The average Bonchev–Trinajstić information content (AvgIpc) is 2.55. The van der Waals surface area contributed by atoms with Crippen molar-refractivity contribution < 1.29 is 9.59 Å². The van der Waals surface area contributed by atoms with Crippen LogP contribution in [0.2, 0.25) is 0 Å². The van der Waals surface area contributed by atoms with Crippen LogP contribution >= 0.6 is 0 Å². The van der Waals surface area contributed by atoms with E-state index in [0.717, 1.165) is 5.56 Å². The number of benzene rings is 2. The smallest absolute Gasteiger partial charge is 0.253 e. The zero-order valence-electron chi connectivity index (χ0n) is 16.3. The van der Waals surface area contributed by atoms with E-state index in [-0.39, 0.29) is 17.4 Å². The second-order valence-corrected chi connectivity index (χ2v) is 7.72. The lowest BCUT2D eigenvalue weighted by Gasteiger charge is -2.21. The largest absolute Gasteiger partial charge is 0.347 e. The highest BCUT2D eigenvalue weighted by Gasteiger charge is 2.18. The first-order chi connectivity index (χ1) is 12.2. The molecule has 2 rings (SSSR count). The molecule has 0 saturated carbocycles. The van der Waals surface area contributed by atoms with E-state index in [9.17, 15) is 9.59 Å². The minimum Gasteiger partial charge on any atom is -0.347 e. The number of rotatable bonds is 5. The van der Waals surface area contributed by atoms with Gasteiger partial charge in [0.25, 0.3) is 5.91 Å². The maximum Gasteiger partial charge on any atom is 0.253 e. The molecule has 0 heterocycles. The Kier molecular flexibility index (Phi) is 6.19. The zero-order chi connectivity index (χ0) is 19.3.